The van der Waals surface area contributed by atoms with E-state index >= 15 is 0 Å². The molecule has 0 unspecified atom stereocenters. The minimum Gasteiger partial charge on any atom is -0.350 e. The number of carbonyl (C=O) groups is 2. The van der Waals surface area contributed by atoms with E-state index in [0.717, 1.165) is 21.4 Å². The van der Waals surface area contributed by atoms with Crippen LogP contribution in [-0.4, -0.2) is 46.8 Å². The van der Waals surface area contributed by atoms with E-state index in [2.05, 4.69) is 0 Å². The first-order valence-corrected chi connectivity index (χ1v) is 10.6. The maximum atomic E-state index is 13.1. The van der Waals surface area contributed by atoms with Crippen molar-refractivity contribution in [3.8, 4) is 0 Å². The first-order valence-electron chi connectivity index (χ1n) is 9.07. The third-order valence-electron chi connectivity index (χ3n) is 5.45. The van der Waals surface area contributed by atoms with Crippen LogP contribution in [0.2, 0.25) is 20.1 Å². The molecule has 9 heteroatoms. The van der Waals surface area contributed by atoms with Crippen molar-refractivity contribution in [2.45, 2.75) is 6.04 Å². The maximum absolute atomic E-state index is 13.1. The van der Waals surface area contributed by atoms with Crippen LogP contribution in [0, 0.1) is 0 Å². The fourth-order valence-corrected chi connectivity index (χ4v) is 4.93. The van der Waals surface area contributed by atoms with Crippen LogP contribution < -0.4 is 0 Å². The summed E-state index contributed by atoms with van der Waals surface area (Å²) in [6.45, 7) is 0.120. The second kappa shape index (κ2) is 7.74. The van der Waals surface area contributed by atoms with E-state index in [1.807, 2.05) is 61.1 Å². The smallest absolute Gasteiger partial charge is 0.263 e. The largest absolute Gasteiger partial charge is 0.350 e. The van der Waals surface area contributed by atoms with Gasteiger partial charge in [0.05, 0.1) is 37.3 Å². The van der Waals surface area contributed by atoms with Gasteiger partial charge in [-0.3, -0.25) is 14.5 Å². The molecular weight excluding hydrogens is 468 g/mol. The molecule has 0 aliphatic carbocycles. The Kier molecular flexibility index (Phi) is 5.54. The second-order valence-corrected chi connectivity index (χ2v) is 8.93. The quantitative estimate of drug-likeness (QED) is 0.271. The molecule has 1 aromatic heterocycles. The monoisotopic (exact) mass is 483 g/mol. The molecule has 4 rings (SSSR count). The minimum atomic E-state index is -0.535. The van der Waals surface area contributed by atoms with Crippen molar-refractivity contribution in [1.82, 2.24) is 14.4 Å². The molecule has 156 valence electrons. The molecule has 3 aromatic rings. The topological polar surface area (TPSA) is 45.6 Å². The zero-order valence-corrected chi connectivity index (χ0v) is 19.4. The van der Waals surface area contributed by atoms with Crippen LogP contribution >= 0.6 is 46.4 Å². The molecule has 2 amide bonds. The highest BCUT2D eigenvalue weighted by atomic mass is 35.5. The first kappa shape index (κ1) is 21.5. The molecule has 30 heavy (non-hydrogen) atoms. The van der Waals surface area contributed by atoms with Crippen LogP contribution in [0.4, 0.5) is 0 Å². The highest BCUT2D eigenvalue weighted by molar-refractivity contribution is 6.55. The van der Waals surface area contributed by atoms with Gasteiger partial charge in [-0.1, -0.05) is 64.6 Å². The molecule has 1 aliphatic rings. The van der Waals surface area contributed by atoms with Gasteiger partial charge in [-0.2, -0.15) is 0 Å². The van der Waals surface area contributed by atoms with E-state index in [1.54, 1.807) is 0 Å². The van der Waals surface area contributed by atoms with Crippen LogP contribution in [0.25, 0.3) is 10.9 Å². The Hall–Kier alpha value is -1.76. The minimum absolute atomic E-state index is 0.00325. The van der Waals surface area contributed by atoms with Gasteiger partial charge in [0.1, 0.15) is 0 Å². The van der Waals surface area contributed by atoms with Crippen LogP contribution in [0.1, 0.15) is 32.3 Å². The number of nitrogens with zero attached hydrogens (tertiary/aromatic N) is 3. The molecule has 0 saturated heterocycles. The number of fused-ring (bicyclic) bond motifs is 2. The Bertz CT molecular complexity index is 1170. The van der Waals surface area contributed by atoms with Crippen molar-refractivity contribution in [1.29, 1.82) is 0 Å². The van der Waals surface area contributed by atoms with Gasteiger partial charge in [-0.15, -0.1) is 0 Å². The number of likely N-dealkylation sites (N-methyl/N-ethyl adjacent to an activating group) is 1. The van der Waals surface area contributed by atoms with Crippen LogP contribution in [0.5, 0.6) is 0 Å². The molecule has 0 radical (unpaired) electrons. The number of para-hydroxylation sites is 1. The zero-order valence-electron chi connectivity index (χ0n) is 16.3. The van der Waals surface area contributed by atoms with Gasteiger partial charge in [0.25, 0.3) is 11.8 Å². The van der Waals surface area contributed by atoms with E-state index in [4.69, 9.17) is 46.4 Å². The predicted octanol–water partition coefficient (Wildman–Crippen LogP) is 5.69. The number of amides is 2. The summed E-state index contributed by atoms with van der Waals surface area (Å²) in [5.41, 5.74) is 2.06. The van der Waals surface area contributed by atoms with Gasteiger partial charge in [0, 0.05) is 30.7 Å². The summed E-state index contributed by atoms with van der Waals surface area (Å²) in [4.78, 5) is 29.4. The number of aromatic nitrogens is 1. The number of hydrogen-bond donors (Lipinski definition) is 0. The third kappa shape index (κ3) is 3.12. The summed E-state index contributed by atoms with van der Waals surface area (Å²) in [5.74, 6) is -1.07. The standard InChI is InChI=1S/C21H17Cl4N3O2/c1-26(2)13(11-8-27(3)12-7-5-4-6-10(11)12)9-28-20(29)14-15(21(28)30)17(23)19(25)18(24)16(14)22/h4-8,13H,9H2,1-3H3/t13-/m0/s1. The van der Waals surface area contributed by atoms with Crippen molar-refractivity contribution < 1.29 is 9.59 Å². The number of hydrogen-bond acceptors (Lipinski definition) is 3. The Balaban J connectivity index is 1.79. The highest BCUT2D eigenvalue weighted by Gasteiger charge is 2.42. The number of rotatable bonds is 4. The van der Waals surface area contributed by atoms with Gasteiger partial charge in [0.15, 0.2) is 0 Å². The lowest BCUT2D eigenvalue weighted by Crippen LogP contribution is -2.38. The molecule has 0 fully saturated rings. The molecule has 5 nitrogen and oxygen atoms in total. The predicted molar refractivity (Wildman–Crippen MR) is 121 cm³/mol. The van der Waals surface area contributed by atoms with Crippen molar-refractivity contribution in [3.63, 3.8) is 0 Å². The Labute approximate surface area is 193 Å². The van der Waals surface area contributed by atoms with Gasteiger partial charge in [-0.05, 0) is 25.7 Å². The lowest BCUT2D eigenvalue weighted by Gasteiger charge is -2.28. The van der Waals surface area contributed by atoms with Gasteiger partial charge < -0.3 is 9.47 Å². The van der Waals surface area contributed by atoms with Crippen molar-refractivity contribution in [2.75, 3.05) is 20.6 Å². The molecule has 1 atom stereocenters. The molecule has 0 bridgehead atoms. The van der Waals surface area contributed by atoms with Gasteiger partial charge >= 0.3 is 0 Å². The molecular formula is C21H17Cl4N3O2. The van der Waals surface area contributed by atoms with E-state index in [9.17, 15) is 9.59 Å². The second-order valence-electron chi connectivity index (χ2n) is 7.42. The summed E-state index contributed by atoms with van der Waals surface area (Å²) in [7, 11) is 5.76. The normalized spacial score (nSPS) is 14.9. The van der Waals surface area contributed by atoms with Crippen LogP contribution in [0.3, 0.4) is 0 Å². The molecule has 0 saturated carbocycles. The Morgan fingerprint density at radius 1 is 0.900 bits per heavy atom. The molecule has 0 N–H and O–H groups in total. The van der Waals surface area contributed by atoms with E-state index in [1.165, 1.54) is 0 Å². The number of halogens is 4. The molecule has 0 spiro atoms. The average molecular weight is 485 g/mol. The highest BCUT2D eigenvalue weighted by Crippen LogP contribution is 2.45. The lowest BCUT2D eigenvalue weighted by atomic mass is 10.0. The third-order valence-corrected chi connectivity index (χ3v) is 7.25. The lowest BCUT2D eigenvalue weighted by molar-refractivity contribution is 0.0612. The van der Waals surface area contributed by atoms with Gasteiger partial charge in [0.2, 0.25) is 0 Å². The van der Waals surface area contributed by atoms with E-state index in [-0.39, 0.29) is 43.8 Å². The molecule has 2 aromatic carbocycles. The number of carbonyl (C=O) groups excluding carboxylic acids is 2. The summed E-state index contributed by atoms with van der Waals surface area (Å²) in [6, 6.07) is 7.73. The maximum Gasteiger partial charge on any atom is 0.263 e. The fourth-order valence-electron chi connectivity index (χ4n) is 3.91. The number of benzene rings is 2. The van der Waals surface area contributed by atoms with Crippen molar-refractivity contribution in [3.05, 3.63) is 67.2 Å². The molecule has 1 aliphatic heterocycles. The van der Waals surface area contributed by atoms with Crippen LogP contribution in [-0.2, 0) is 7.05 Å². The average Bonchev–Trinajstić information content (AvgIpc) is 3.17. The molecule has 2 heterocycles. The Morgan fingerprint density at radius 3 is 1.97 bits per heavy atom. The zero-order chi connectivity index (χ0) is 21.9. The van der Waals surface area contributed by atoms with Gasteiger partial charge in [-0.25, -0.2) is 0 Å². The van der Waals surface area contributed by atoms with E-state index < -0.39 is 11.8 Å². The fraction of sp³-hybridized carbons (Fsp3) is 0.238. The van der Waals surface area contributed by atoms with Crippen LogP contribution in [0.15, 0.2) is 30.5 Å². The summed E-state index contributed by atoms with van der Waals surface area (Å²) in [6.07, 6.45) is 2.02. The summed E-state index contributed by atoms with van der Waals surface area (Å²) >= 11 is 24.7. The van der Waals surface area contributed by atoms with Crippen molar-refractivity contribution in [2.24, 2.45) is 7.05 Å². The summed E-state index contributed by atoms with van der Waals surface area (Å²) in [5, 5.41) is 0.853. The number of aryl methyl sites for hydroxylation is 1. The number of imide groups is 1. The van der Waals surface area contributed by atoms with E-state index in [0.29, 0.717) is 0 Å². The first-order chi connectivity index (χ1) is 14.1. The SMILES string of the molecule is CN(C)[C@@H](CN1C(=O)c2c(Cl)c(Cl)c(Cl)c(Cl)c2C1=O)c1cn(C)c2ccccc12. The Morgan fingerprint density at radius 2 is 1.43 bits per heavy atom. The summed E-state index contributed by atoms with van der Waals surface area (Å²) < 4.78 is 2.02. The van der Waals surface area contributed by atoms with Crippen molar-refractivity contribution >= 4 is 69.1 Å².